The minimum Gasteiger partial charge on any atom is -0.337 e. The SMILES string of the molecule is CS(=O)(=O)c1ccc2nc(-c3ccc(Br)cn3)[nH]c2c1. The molecule has 1 aromatic carbocycles. The molecule has 0 atom stereocenters. The Morgan fingerprint density at radius 2 is 2.00 bits per heavy atom. The second kappa shape index (κ2) is 4.68. The Balaban J connectivity index is 2.13. The van der Waals surface area contributed by atoms with E-state index in [1.807, 2.05) is 12.1 Å². The van der Waals surface area contributed by atoms with Crippen LogP contribution in [-0.4, -0.2) is 29.6 Å². The fourth-order valence-corrected chi connectivity index (χ4v) is 2.74. The van der Waals surface area contributed by atoms with Gasteiger partial charge in [0.1, 0.15) is 5.69 Å². The first-order chi connectivity index (χ1) is 9.43. The van der Waals surface area contributed by atoms with E-state index in [2.05, 4.69) is 30.9 Å². The number of nitrogens with zero attached hydrogens (tertiary/aromatic N) is 2. The normalized spacial score (nSPS) is 11.9. The molecule has 0 radical (unpaired) electrons. The number of pyridine rings is 1. The zero-order chi connectivity index (χ0) is 14.3. The molecule has 0 saturated carbocycles. The Morgan fingerprint density at radius 3 is 2.65 bits per heavy atom. The predicted molar refractivity (Wildman–Crippen MR) is 80.1 cm³/mol. The molecule has 0 bridgehead atoms. The number of halogens is 1. The van der Waals surface area contributed by atoms with Gasteiger partial charge in [0.25, 0.3) is 0 Å². The Morgan fingerprint density at radius 1 is 1.20 bits per heavy atom. The summed E-state index contributed by atoms with van der Waals surface area (Å²) in [6.07, 6.45) is 2.87. The summed E-state index contributed by atoms with van der Waals surface area (Å²) in [7, 11) is -3.22. The first-order valence-corrected chi connectivity index (χ1v) is 8.44. The number of aromatic amines is 1. The van der Waals surface area contributed by atoms with Crippen LogP contribution in [0.2, 0.25) is 0 Å². The molecule has 5 nitrogen and oxygen atoms in total. The van der Waals surface area contributed by atoms with Crippen molar-refractivity contribution >= 4 is 36.8 Å². The lowest BCUT2D eigenvalue weighted by atomic mass is 10.3. The van der Waals surface area contributed by atoms with Crippen molar-refractivity contribution in [2.45, 2.75) is 4.90 Å². The van der Waals surface area contributed by atoms with Crippen LogP contribution in [0.1, 0.15) is 0 Å². The molecular weight excluding hydrogens is 342 g/mol. The van der Waals surface area contributed by atoms with E-state index in [0.717, 1.165) is 4.47 Å². The summed E-state index contributed by atoms with van der Waals surface area (Å²) in [5.41, 5.74) is 2.08. The lowest BCUT2D eigenvalue weighted by Crippen LogP contribution is -1.96. The first-order valence-electron chi connectivity index (χ1n) is 5.75. The van der Waals surface area contributed by atoms with Crippen molar-refractivity contribution in [3.8, 4) is 11.5 Å². The summed E-state index contributed by atoms with van der Waals surface area (Å²) in [6.45, 7) is 0. The number of nitrogens with one attached hydrogen (secondary N) is 1. The standard InChI is InChI=1S/C13H10BrN3O2S/c1-20(18,19)9-3-5-10-12(6-9)17-13(16-10)11-4-2-8(14)7-15-11/h2-7H,1H3,(H,16,17). The highest BCUT2D eigenvalue weighted by atomic mass is 79.9. The van der Waals surface area contributed by atoms with Crippen LogP contribution >= 0.6 is 15.9 Å². The minimum atomic E-state index is -3.22. The van der Waals surface area contributed by atoms with Crippen LogP contribution in [0.3, 0.4) is 0 Å². The van der Waals surface area contributed by atoms with Gasteiger partial charge < -0.3 is 4.98 Å². The maximum atomic E-state index is 11.5. The Kier molecular flexibility index (Phi) is 3.10. The summed E-state index contributed by atoms with van der Waals surface area (Å²) in [5, 5.41) is 0. The molecule has 0 fully saturated rings. The number of fused-ring (bicyclic) bond motifs is 1. The number of imidazole rings is 1. The molecule has 3 aromatic rings. The van der Waals surface area contributed by atoms with Crippen LogP contribution in [0.15, 0.2) is 45.9 Å². The van der Waals surface area contributed by atoms with Gasteiger partial charge in [-0.1, -0.05) is 0 Å². The number of rotatable bonds is 2. The van der Waals surface area contributed by atoms with Crippen molar-refractivity contribution in [2.24, 2.45) is 0 Å². The van der Waals surface area contributed by atoms with E-state index in [9.17, 15) is 8.42 Å². The van der Waals surface area contributed by atoms with E-state index >= 15 is 0 Å². The van der Waals surface area contributed by atoms with Crippen molar-refractivity contribution in [1.29, 1.82) is 0 Å². The number of hydrogen-bond acceptors (Lipinski definition) is 4. The molecule has 0 aliphatic carbocycles. The minimum absolute atomic E-state index is 0.268. The molecule has 3 rings (SSSR count). The van der Waals surface area contributed by atoms with Crippen molar-refractivity contribution in [1.82, 2.24) is 15.0 Å². The largest absolute Gasteiger partial charge is 0.337 e. The van der Waals surface area contributed by atoms with Gasteiger partial charge in [0.2, 0.25) is 0 Å². The predicted octanol–water partition coefficient (Wildman–Crippen LogP) is 2.79. The van der Waals surface area contributed by atoms with Gasteiger partial charge in [-0.25, -0.2) is 13.4 Å². The van der Waals surface area contributed by atoms with Crippen LogP contribution in [0, 0.1) is 0 Å². The molecule has 0 aliphatic heterocycles. The van der Waals surface area contributed by atoms with Crippen LogP contribution < -0.4 is 0 Å². The van der Waals surface area contributed by atoms with Crippen molar-refractivity contribution < 1.29 is 8.42 Å². The third kappa shape index (κ3) is 2.46. The van der Waals surface area contributed by atoms with Gasteiger partial charge in [-0.3, -0.25) is 4.98 Å². The van der Waals surface area contributed by atoms with Gasteiger partial charge >= 0.3 is 0 Å². The van der Waals surface area contributed by atoms with E-state index in [-0.39, 0.29) is 4.90 Å². The molecule has 7 heteroatoms. The molecule has 102 valence electrons. The molecule has 1 N–H and O–H groups in total. The molecule has 0 saturated heterocycles. The quantitative estimate of drug-likeness (QED) is 0.770. The van der Waals surface area contributed by atoms with Gasteiger partial charge in [0, 0.05) is 16.9 Å². The van der Waals surface area contributed by atoms with Gasteiger partial charge in [-0.15, -0.1) is 0 Å². The Labute approximate surface area is 124 Å². The lowest BCUT2D eigenvalue weighted by Gasteiger charge is -1.96. The molecule has 2 heterocycles. The Bertz CT molecular complexity index is 886. The smallest absolute Gasteiger partial charge is 0.175 e. The van der Waals surface area contributed by atoms with Gasteiger partial charge in [-0.2, -0.15) is 0 Å². The molecule has 0 aliphatic rings. The lowest BCUT2D eigenvalue weighted by molar-refractivity contribution is 0.602. The third-order valence-electron chi connectivity index (χ3n) is 2.85. The monoisotopic (exact) mass is 351 g/mol. The molecule has 2 aromatic heterocycles. The van der Waals surface area contributed by atoms with Crippen molar-refractivity contribution in [2.75, 3.05) is 6.26 Å². The fraction of sp³-hybridized carbons (Fsp3) is 0.0769. The summed E-state index contributed by atoms with van der Waals surface area (Å²) < 4.78 is 24.0. The maximum absolute atomic E-state index is 11.5. The molecular formula is C13H10BrN3O2S. The topological polar surface area (TPSA) is 75.7 Å². The second-order valence-electron chi connectivity index (χ2n) is 4.40. The van der Waals surface area contributed by atoms with Gasteiger partial charge in [0.05, 0.1) is 15.9 Å². The number of aromatic nitrogens is 3. The number of hydrogen-bond donors (Lipinski definition) is 1. The Hall–Kier alpha value is -1.73. The number of benzene rings is 1. The van der Waals surface area contributed by atoms with E-state index in [4.69, 9.17) is 0 Å². The van der Waals surface area contributed by atoms with Crippen LogP contribution in [0.5, 0.6) is 0 Å². The average molecular weight is 352 g/mol. The third-order valence-corrected chi connectivity index (χ3v) is 4.43. The maximum Gasteiger partial charge on any atom is 0.175 e. The van der Waals surface area contributed by atoms with Gasteiger partial charge in [0.15, 0.2) is 15.7 Å². The van der Waals surface area contributed by atoms with Crippen LogP contribution in [0.4, 0.5) is 0 Å². The van der Waals surface area contributed by atoms with Crippen molar-refractivity contribution in [3.63, 3.8) is 0 Å². The molecule has 0 spiro atoms. The second-order valence-corrected chi connectivity index (χ2v) is 7.33. The zero-order valence-corrected chi connectivity index (χ0v) is 12.9. The molecule has 0 unspecified atom stereocenters. The summed E-state index contributed by atoms with van der Waals surface area (Å²) in [6, 6.07) is 8.53. The summed E-state index contributed by atoms with van der Waals surface area (Å²) >= 11 is 3.32. The highest BCUT2D eigenvalue weighted by Crippen LogP contribution is 2.22. The molecule has 20 heavy (non-hydrogen) atoms. The zero-order valence-electron chi connectivity index (χ0n) is 10.5. The number of sulfone groups is 1. The number of H-pyrrole nitrogens is 1. The van der Waals surface area contributed by atoms with Crippen LogP contribution in [0.25, 0.3) is 22.6 Å². The van der Waals surface area contributed by atoms with E-state index in [0.29, 0.717) is 22.6 Å². The first kappa shape index (κ1) is 13.3. The summed E-state index contributed by atoms with van der Waals surface area (Å²) in [4.78, 5) is 12.0. The van der Waals surface area contributed by atoms with E-state index in [1.54, 1.807) is 24.4 Å². The van der Waals surface area contributed by atoms with Crippen molar-refractivity contribution in [3.05, 3.63) is 41.0 Å². The highest BCUT2D eigenvalue weighted by molar-refractivity contribution is 9.10. The average Bonchev–Trinajstić information content (AvgIpc) is 2.81. The van der Waals surface area contributed by atoms with Gasteiger partial charge in [-0.05, 0) is 46.3 Å². The van der Waals surface area contributed by atoms with E-state index in [1.165, 1.54) is 6.26 Å². The highest BCUT2D eigenvalue weighted by Gasteiger charge is 2.11. The fourth-order valence-electron chi connectivity index (χ4n) is 1.86. The van der Waals surface area contributed by atoms with Crippen LogP contribution in [-0.2, 0) is 9.84 Å². The molecule has 0 amide bonds. The van der Waals surface area contributed by atoms with E-state index < -0.39 is 9.84 Å². The summed E-state index contributed by atoms with van der Waals surface area (Å²) in [5.74, 6) is 0.609.